The maximum Gasteiger partial charge on any atom is 0.311 e. The Balaban J connectivity index is 1.97. The van der Waals surface area contributed by atoms with Crippen molar-refractivity contribution in [2.45, 2.75) is 45.4 Å². The van der Waals surface area contributed by atoms with Gasteiger partial charge in [-0.3, -0.25) is 4.79 Å². The van der Waals surface area contributed by atoms with Crippen LogP contribution in [-0.4, -0.2) is 11.0 Å². The highest BCUT2D eigenvalue weighted by Crippen LogP contribution is 2.36. The summed E-state index contributed by atoms with van der Waals surface area (Å²) in [4.78, 5) is 14.9. The first-order valence-electron chi connectivity index (χ1n) is 7.29. The number of hydrogen-bond acceptors (Lipinski definition) is 2. The maximum absolute atomic E-state index is 11.9. The molecule has 0 aliphatic rings. The summed E-state index contributed by atoms with van der Waals surface area (Å²) in [5, 5.41) is 1.50. The van der Waals surface area contributed by atoms with E-state index in [1.165, 1.54) is 12.8 Å². The van der Waals surface area contributed by atoms with Gasteiger partial charge in [-0.2, -0.15) is 0 Å². The van der Waals surface area contributed by atoms with Crippen LogP contribution in [0.4, 0.5) is 0 Å². The normalized spacial score (nSPS) is 11.0. The highest BCUT2D eigenvalue weighted by atomic mass is 35.5. The predicted octanol–water partition coefficient (Wildman–Crippen LogP) is 5.74. The number of hydrogen-bond donors (Lipinski definition) is 1. The number of H-pyrrole nitrogens is 1. The topological polar surface area (TPSA) is 42.1 Å². The smallest absolute Gasteiger partial charge is 0.311 e. The third-order valence-electron chi connectivity index (χ3n) is 3.41. The van der Waals surface area contributed by atoms with Crippen LogP contribution in [0.3, 0.4) is 0 Å². The number of esters is 1. The molecule has 0 saturated carbocycles. The van der Waals surface area contributed by atoms with Crippen LogP contribution in [0.25, 0.3) is 10.9 Å². The summed E-state index contributed by atoms with van der Waals surface area (Å²) in [7, 11) is 0. The molecular weight excluding hydrogens is 309 g/mol. The number of nitrogens with one attached hydrogen (secondary N) is 1. The molecule has 0 spiro atoms. The van der Waals surface area contributed by atoms with Crippen molar-refractivity contribution in [3.8, 4) is 5.75 Å². The Morgan fingerprint density at radius 1 is 1.19 bits per heavy atom. The number of benzene rings is 1. The standard InChI is InChI=1S/C16H19Cl2NO2/c1-2-3-4-5-6-7-14(20)21-13-10-19-12-9-8-11(17)16(18)15(12)13/h8-10,19H,2-7H2,1H3. The van der Waals surface area contributed by atoms with E-state index in [1.807, 2.05) is 6.07 Å². The minimum absolute atomic E-state index is 0.233. The minimum atomic E-state index is -0.233. The molecule has 1 heterocycles. The summed E-state index contributed by atoms with van der Waals surface area (Å²) in [6.07, 6.45) is 7.55. The van der Waals surface area contributed by atoms with Gasteiger partial charge in [-0.25, -0.2) is 0 Å². The minimum Gasteiger partial charge on any atom is -0.424 e. The summed E-state index contributed by atoms with van der Waals surface area (Å²) in [5.41, 5.74) is 0.801. The van der Waals surface area contributed by atoms with E-state index in [9.17, 15) is 4.79 Å². The first-order chi connectivity index (χ1) is 10.1. The molecule has 0 bridgehead atoms. The first kappa shape index (κ1) is 16.2. The molecule has 3 nitrogen and oxygen atoms in total. The number of aromatic nitrogens is 1. The van der Waals surface area contributed by atoms with Gasteiger partial charge in [0.15, 0.2) is 5.75 Å². The van der Waals surface area contributed by atoms with E-state index in [0.717, 1.165) is 24.8 Å². The Morgan fingerprint density at radius 2 is 1.95 bits per heavy atom. The molecule has 5 heteroatoms. The molecule has 1 aromatic heterocycles. The van der Waals surface area contributed by atoms with Crippen LogP contribution in [0, 0.1) is 0 Å². The summed E-state index contributed by atoms with van der Waals surface area (Å²) in [5.74, 6) is 0.208. The van der Waals surface area contributed by atoms with Crippen LogP contribution < -0.4 is 4.74 Å². The first-order valence-corrected chi connectivity index (χ1v) is 8.04. The second-order valence-corrected chi connectivity index (χ2v) is 5.86. The van der Waals surface area contributed by atoms with Crippen molar-refractivity contribution in [3.05, 3.63) is 28.4 Å². The maximum atomic E-state index is 11.9. The Kier molecular flexibility index (Phi) is 5.95. The van der Waals surface area contributed by atoms with Crippen molar-refractivity contribution in [1.29, 1.82) is 0 Å². The molecule has 114 valence electrons. The van der Waals surface area contributed by atoms with Crippen molar-refractivity contribution in [3.63, 3.8) is 0 Å². The van der Waals surface area contributed by atoms with Gasteiger partial charge in [0.05, 0.1) is 20.9 Å². The Labute approximate surface area is 134 Å². The number of rotatable bonds is 7. The van der Waals surface area contributed by atoms with Crippen LogP contribution in [0.5, 0.6) is 5.75 Å². The van der Waals surface area contributed by atoms with Gasteiger partial charge in [0.25, 0.3) is 0 Å². The number of carbonyl (C=O) groups is 1. The molecule has 0 aliphatic carbocycles. The number of fused-ring (bicyclic) bond motifs is 1. The summed E-state index contributed by atoms with van der Waals surface area (Å²) in [6, 6.07) is 3.52. The largest absolute Gasteiger partial charge is 0.424 e. The quantitative estimate of drug-likeness (QED) is 0.520. The van der Waals surface area contributed by atoms with Gasteiger partial charge in [0.1, 0.15) is 0 Å². The van der Waals surface area contributed by atoms with E-state index in [-0.39, 0.29) is 5.97 Å². The number of ether oxygens (including phenoxy) is 1. The van der Waals surface area contributed by atoms with Crippen LogP contribution in [0.1, 0.15) is 45.4 Å². The lowest BCUT2D eigenvalue weighted by molar-refractivity contribution is -0.134. The van der Waals surface area contributed by atoms with Gasteiger partial charge in [-0.15, -0.1) is 0 Å². The van der Waals surface area contributed by atoms with Crippen molar-refractivity contribution < 1.29 is 9.53 Å². The van der Waals surface area contributed by atoms with E-state index >= 15 is 0 Å². The average molecular weight is 328 g/mol. The zero-order valence-electron chi connectivity index (χ0n) is 12.0. The lowest BCUT2D eigenvalue weighted by Crippen LogP contribution is -2.07. The molecule has 1 aromatic carbocycles. The van der Waals surface area contributed by atoms with Crippen molar-refractivity contribution in [1.82, 2.24) is 4.98 Å². The number of carbonyl (C=O) groups excluding carboxylic acids is 1. The number of halogens is 2. The molecule has 21 heavy (non-hydrogen) atoms. The molecule has 2 rings (SSSR count). The van der Waals surface area contributed by atoms with E-state index in [4.69, 9.17) is 27.9 Å². The Hall–Kier alpha value is -1.19. The SMILES string of the molecule is CCCCCCCC(=O)Oc1c[nH]c2ccc(Cl)c(Cl)c12. The summed E-state index contributed by atoms with van der Waals surface area (Å²) < 4.78 is 5.40. The zero-order valence-corrected chi connectivity index (χ0v) is 13.6. The molecule has 0 amide bonds. The fourth-order valence-electron chi connectivity index (χ4n) is 2.25. The predicted molar refractivity (Wildman–Crippen MR) is 87.3 cm³/mol. The van der Waals surface area contributed by atoms with Crippen LogP contribution in [0.2, 0.25) is 10.0 Å². The fourth-order valence-corrected chi connectivity index (χ4v) is 2.67. The second-order valence-electron chi connectivity index (χ2n) is 5.08. The van der Waals surface area contributed by atoms with Crippen LogP contribution in [-0.2, 0) is 4.79 Å². The molecule has 0 radical (unpaired) electrons. The van der Waals surface area contributed by atoms with E-state index in [1.54, 1.807) is 12.3 Å². The zero-order chi connectivity index (χ0) is 15.2. The Bertz CT molecular complexity index is 622. The third-order valence-corrected chi connectivity index (χ3v) is 4.21. The fraction of sp³-hybridized carbons (Fsp3) is 0.438. The molecular formula is C16H19Cl2NO2. The van der Waals surface area contributed by atoms with Gasteiger partial charge >= 0.3 is 5.97 Å². The van der Waals surface area contributed by atoms with Crippen LogP contribution in [0.15, 0.2) is 18.3 Å². The monoisotopic (exact) mass is 327 g/mol. The Morgan fingerprint density at radius 3 is 2.71 bits per heavy atom. The van der Waals surface area contributed by atoms with Gasteiger partial charge in [0.2, 0.25) is 0 Å². The molecule has 1 N–H and O–H groups in total. The van der Waals surface area contributed by atoms with E-state index in [0.29, 0.717) is 27.6 Å². The van der Waals surface area contributed by atoms with E-state index < -0.39 is 0 Å². The average Bonchev–Trinajstić information content (AvgIpc) is 2.86. The number of aromatic amines is 1. The van der Waals surface area contributed by atoms with Gasteiger partial charge in [-0.1, -0.05) is 55.8 Å². The third kappa shape index (κ3) is 4.14. The molecule has 0 saturated heterocycles. The molecule has 0 unspecified atom stereocenters. The summed E-state index contributed by atoms with van der Waals surface area (Å²) in [6.45, 7) is 2.17. The van der Waals surface area contributed by atoms with E-state index in [2.05, 4.69) is 11.9 Å². The molecule has 2 aromatic rings. The van der Waals surface area contributed by atoms with Crippen LogP contribution >= 0.6 is 23.2 Å². The molecule has 0 atom stereocenters. The highest BCUT2D eigenvalue weighted by Gasteiger charge is 2.14. The lowest BCUT2D eigenvalue weighted by Gasteiger charge is -2.04. The molecule has 0 aliphatic heterocycles. The van der Waals surface area contributed by atoms with Crippen molar-refractivity contribution >= 4 is 40.1 Å². The van der Waals surface area contributed by atoms with Gasteiger partial charge < -0.3 is 9.72 Å². The second kappa shape index (κ2) is 7.71. The summed E-state index contributed by atoms with van der Waals surface area (Å²) >= 11 is 12.2. The highest BCUT2D eigenvalue weighted by molar-refractivity contribution is 6.45. The van der Waals surface area contributed by atoms with Gasteiger partial charge in [-0.05, 0) is 18.6 Å². The van der Waals surface area contributed by atoms with Crippen molar-refractivity contribution in [2.24, 2.45) is 0 Å². The molecule has 0 fully saturated rings. The lowest BCUT2D eigenvalue weighted by atomic mass is 10.1. The number of unbranched alkanes of at least 4 members (excludes halogenated alkanes) is 4. The van der Waals surface area contributed by atoms with Crippen molar-refractivity contribution in [2.75, 3.05) is 0 Å². The van der Waals surface area contributed by atoms with Gasteiger partial charge in [0, 0.05) is 12.6 Å².